The van der Waals surface area contributed by atoms with Gasteiger partial charge in [-0.2, -0.15) is 0 Å². The second-order valence-corrected chi connectivity index (χ2v) is 33.5. The molecule has 1 saturated heterocycles. The van der Waals surface area contributed by atoms with Gasteiger partial charge >= 0.3 is 0 Å². The number of halogens is 4. The Morgan fingerprint density at radius 3 is 0.895 bits per heavy atom. The van der Waals surface area contributed by atoms with Gasteiger partial charge in [0.1, 0.15) is 71.8 Å². The van der Waals surface area contributed by atoms with Crippen molar-refractivity contribution in [3.05, 3.63) is 330 Å². The van der Waals surface area contributed by atoms with E-state index in [1.54, 1.807) is 49.6 Å². The van der Waals surface area contributed by atoms with Crippen molar-refractivity contribution in [3.63, 3.8) is 0 Å². The minimum absolute atomic E-state index is 0.127. The topological polar surface area (TPSA) is 188 Å². The molecule has 1 amide bonds. The summed E-state index contributed by atoms with van der Waals surface area (Å²) < 4.78 is 55.0. The molecule has 1 fully saturated rings. The lowest BCUT2D eigenvalue weighted by molar-refractivity contribution is 0.0529. The van der Waals surface area contributed by atoms with Crippen LogP contribution in [-0.2, 0) is 51.4 Å². The van der Waals surface area contributed by atoms with E-state index >= 15 is 0 Å². The largest absolute Gasteiger partial charge is 0.338 e. The summed E-state index contributed by atoms with van der Waals surface area (Å²) in [4.78, 5) is 97.2. The van der Waals surface area contributed by atoms with E-state index in [4.69, 9.17) is 0 Å². The Labute approximate surface area is 725 Å². The van der Waals surface area contributed by atoms with Crippen LogP contribution in [0.25, 0.3) is 0 Å². The first-order valence-electron chi connectivity index (χ1n) is 43.9. The van der Waals surface area contributed by atoms with Crippen molar-refractivity contribution < 1.29 is 36.7 Å². The Morgan fingerprint density at radius 1 is 0.331 bits per heavy atom. The number of likely N-dealkylation sites (tertiary alicyclic amines) is 1. The van der Waals surface area contributed by atoms with Crippen LogP contribution in [0.15, 0.2) is 195 Å². The summed E-state index contributed by atoms with van der Waals surface area (Å²) in [6.07, 6.45) is 23.0. The van der Waals surface area contributed by atoms with Gasteiger partial charge in [-0.25, -0.2) is 57.4 Å². The van der Waals surface area contributed by atoms with E-state index in [0.717, 1.165) is 268 Å². The van der Waals surface area contributed by atoms with Gasteiger partial charge in [0.2, 0.25) is 0 Å². The normalized spacial score (nSPS) is 13.5. The van der Waals surface area contributed by atoms with Crippen molar-refractivity contribution >= 4 is 69.3 Å². The SMILES string of the molecule is CCCCC(=O)c1cccc2c1CCN2c1cc(Cc2cc(C)cc(F)c2)ncn1.CCCCCC(=O)c1cccc2c1CCN2c1cc(Cc2cc(C)cc(F)c2)ncn1.CCCCCCC(=O)c1cccc2c1CCN2c1cc(Cc2cc(C)cc(F)c2)ncn1.Cc1cc(F)cc(Cc2cc(N3CCc4c(C(=O)N5CC(C)C5)cccc43)ncn2)c1. The predicted molar refractivity (Wildman–Crippen MR) is 483 cm³/mol. The Balaban J connectivity index is 0.000000135. The van der Waals surface area contributed by atoms with E-state index in [1.165, 1.54) is 37.1 Å². The fourth-order valence-corrected chi connectivity index (χ4v) is 17.7. The van der Waals surface area contributed by atoms with Gasteiger partial charge in [0.05, 0.1) is 22.8 Å². The van der Waals surface area contributed by atoms with Gasteiger partial charge in [0, 0.05) is 153 Å². The Morgan fingerprint density at radius 2 is 0.605 bits per heavy atom. The van der Waals surface area contributed by atoms with Crippen LogP contribution in [0.4, 0.5) is 63.6 Å². The van der Waals surface area contributed by atoms with E-state index in [2.05, 4.69) is 111 Å². The molecular formula is C103H109F4N13O4. The molecular weight excluding hydrogens is 1560 g/mol. The van der Waals surface area contributed by atoms with Crippen molar-refractivity contribution in [1.29, 1.82) is 0 Å². The number of amides is 1. The molecule has 0 bridgehead atoms. The number of aromatic nitrogens is 8. The Hall–Kier alpha value is -12.5. The number of hydrogen-bond donors (Lipinski definition) is 0. The molecule has 0 aliphatic carbocycles. The van der Waals surface area contributed by atoms with Gasteiger partial charge in [0.25, 0.3) is 5.91 Å². The number of nitrogens with zero attached hydrogens (tertiary/aromatic N) is 13. The quantitative estimate of drug-likeness (QED) is 0.0256. The Kier molecular flexibility index (Phi) is 29.1. The van der Waals surface area contributed by atoms with E-state index in [9.17, 15) is 36.7 Å². The molecule has 0 spiro atoms. The number of aryl methyl sites for hydroxylation is 4. The van der Waals surface area contributed by atoms with E-state index in [0.29, 0.717) is 50.9 Å². The number of ketones is 3. The minimum Gasteiger partial charge on any atom is -0.338 e. The van der Waals surface area contributed by atoms with Crippen LogP contribution in [0.1, 0.15) is 236 Å². The van der Waals surface area contributed by atoms with Crippen molar-refractivity contribution in [2.75, 3.05) is 58.9 Å². The highest BCUT2D eigenvalue weighted by Crippen LogP contribution is 2.42. The molecule has 0 atom stereocenters. The number of carbonyl (C=O) groups excluding carboxylic acids is 4. The van der Waals surface area contributed by atoms with Crippen LogP contribution in [0.5, 0.6) is 0 Å². The smallest absolute Gasteiger partial charge is 0.254 e. The fraction of sp³-hybridized carbons (Fsp3) is 0.340. The first-order valence-corrected chi connectivity index (χ1v) is 43.9. The molecule has 17 rings (SSSR count). The molecule has 0 N–H and O–H groups in total. The number of rotatable bonds is 28. The molecule has 124 heavy (non-hydrogen) atoms. The summed E-state index contributed by atoms with van der Waals surface area (Å²) >= 11 is 0. The van der Waals surface area contributed by atoms with Crippen LogP contribution in [0.3, 0.4) is 0 Å². The fourth-order valence-electron chi connectivity index (χ4n) is 17.7. The minimum atomic E-state index is -0.230. The monoisotopic (exact) mass is 1670 g/mol. The van der Waals surface area contributed by atoms with Gasteiger partial charge in [-0.3, -0.25) is 19.2 Å². The summed E-state index contributed by atoms with van der Waals surface area (Å²) in [7, 11) is 0. The number of unbranched alkanes of at least 4 members (excludes halogenated alkanes) is 6. The molecule has 638 valence electrons. The second-order valence-electron chi connectivity index (χ2n) is 33.5. The van der Waals surface area contributed by atoms with Crippen molar-refractivity contribution in [2.45, 2.75) is 184 Å². The molecule has 21 heteroatoms. The first-order chi connectivity index (χ1) is 60.1. The number of carbonyl (C=O) groups is 4. The lowest BCUT2D eigenvalue weighted by Crippen LogP contribution is -2.48. The average molecular weight is 1670 g/mol. The molecule has 17 nitrogen and oxygen atoms in total. The van der Waals surface area contributed by atoms with Gasteiger partial charge in [-0.15, -0.1) is 0 Å². The van der Waals surface area contributed by atoms with Crippen LogP contribution >= 0.6 is 0 Å². The maximum absolute atomic E-state index is 13.8. The predicted octanol–water partition coefficient (Wildman–Crippen LogP) is 22.2. The summed E-state index contributed by atoms with van der Waals surface area (Å²) in [5, 5.41) is 0. The lowest BCUT2D eigenvalue weighted by atomic mass is 9.97. The number of anilines is 8. The van der Waals surface area contributed by atoms with Crippen LogP contribution in [0, 0.1) is 56.9 Å². The molecule has 0 unspecified atom stereocenters. The zero-order valence-electron chi connectivity index (χ0n) is 72.4. The van der Waals surface area contributed by atoms with Crippen LogP contribution in [0.2, 0.25) is 0 Å². The molecule has 9 heterocycles. The third-order valence-electron chi connectivity index (χ3n) is 23.5. The molecule has 8 aromatic carbocycles. The first kappa shape index (κ1) is 87.8. The Bertz CT molecular complexity index is 5770. The summed E-state index contributed by atoms with van der Waals surface area (Å²) in [6, 6.07) is 51.9. The lowest BCUT2D eigenvalue weighted by Gasteiger charge is -2.37. The summed E-state index contributed by atoms with van der Waals surface area (Å²) in [5.41, 5.74) is 22.5. The number of hydrogen-bond acceptors (Lipinski definition) is 16. The van der Waals surface area contributed by atoms with Gasteiger partial charge < -0.3 is 24.5 Å². The summed E-state index contributed by atoms with van der Waals surface area (Å²) in [6.45, 7) is 20.9. The number of fused-ring (bicyclic) bond motifs is 4. The van der Waals surface area contributed by atoms with Crippen molar-refractivity contribution in [1.82, 2.24) is 44.8 Å². The average Bonchev–Trinajstić information content (AvgIpc) is 1.61. The van der Waals surface area contributed by atoms with E-state index < -0.39 is 0 Å². The maximum atomic E-state index is 13.8. The molecule has 0 saturated carbocycles. The highest BCUT2D eigenvalue weighted by atomic mass is 19.1. The number of Topliss-reactive ketones (excluding diaryl/α,β-unsaturated/α-hetero) is 3. The number of benzene rings is 8. The zero-order chi connectivity index (χ0) is 86.9. The zero-order valence-corrected chi connectivity index (χ0v) is 72.4. The van der Waals surface area contributed by atoms with Crippen molar-refractivity contribution in [3.8, 4) is 0 Å². The van der Waals surface area contributed by atoms with Gasteiger partial charge in [-0.1, -0.05) is 133 Å². The summed E-state index contributed by atoms with van der Waals surface area (Å²) in [5.74, 6) is 3.73. The standard InChI is InChI=1S/C27H30FN3O.C26H28FN3O.C25H25FN4O.C25H26FN3O/c1-3-4-5-6-10-26(32)24-8-7-9-25-23(24)11-12-31(25)27-17-22(29-18-30-27)16-20-13-19(2)14-21(28)15-20;1-3-4-5-9-25(31)23-7-6-8-24-22(23)10-11-30(24)26-16-21(28-17-29-26)15-19-12-18(2)13-20(27)14-19;1-16-8-18(10-19(26)9-16)11-20-12-24(28-15-27-20)30-7-6-21-22(4-3-5-23(21)30)25(31)29-13-17(2)14-29;1-3-4-8-24(30)22-6-5-7-23-21(22)9-10-29(23)25-15-20(27-16-28-25)14-18-11-17(2)12-19(26)13-18/h7-9,13-15,17-18H,3-6,10-12,16H2,1-2H3;6-8,12-14,16-17H,3-5,9-11,15H2,1-2H3;3-5,8-10,12,15,17H,6-7,11,13-14H2,1-2H3;5-7,11-13,15-16H,3-4,8-10,14H2,1-2H3. The van der Waals surface area contributed by atoms with Gasteiger partial charge in [-0.05, 0) is 224 Å². The highest BCUT2D eigenvalue weighted by Gasteiger charge is 2.34. The molecule has 0 radical (unpaired) electrons. The molecule has 5 aliphatic rings. The molecule has 5 aliphatic heterocycles. The third kappa shape index (κ3) is 21.9. The molecule has 4 aromatic heterocycles. The van der Waals surface area contributed by atoms with Crippen molar-refractivity contribution in [2.24, 2.45) is 5.92 Å². The van der Waals surface area contributed by atoms with E-state index in [1.807, 2.05) is 130 Å². The van der Waals surface area contributed by atoms with Gasteiger partial charge in [0.15, 0.2) is 17.3 Å². The van der Waals surface area contributed by atoms with E-state index in [-0.39, 0.29) is 46.5 Å². The molecule has 12 aromatic rings. The highest BCUT2D eigenvalue weighted by molar-refractivity contribution is 6.02. The maximum Gasteiger partial charge on any atom is 0.254 e. The second kappa shape index (κ2) is 41.1. The third-order valence-corrected chi connectivity index (χ3v) is 23.5. The van der Waals surface area contributed by atoms with Crippen LogP contribution in [-0.4, -0.2) is 107 Å². The van der Waals surface area contributed by atoms with Crippen LogP contribution < -0.4 is 19.6 Å².